The SMILES string of the molecule is Cc1ccsc1C(Cc1ccc2ccccc2c1)NN. The summed E-state index contributed by atoms with van der Waals surface area (Å²) in [4.78, 5) is 1.32. The van der Waals surface area contributed by atoms with Crippen molar-refractivity contribution in [2.24, 2.45) is 5.84 Å². The zero-order valence-corrected chi connectivity index (χ0v) is 12.3. The second-order valence-electron chi connectivity index (χ2n) is 5.07. The van der Waals surface area contributed by atoms with Crippen LogP contribution < -0.4 is 11.3 Å². The van der Waals surface area contributed by atoms with Crippen LogP contribution in [0, 0.1) is 6.92 Å². The van der Waals surface area contributed by atoms with Gasteiger partial charge in [-0.1, -0.05) is 42.5 Å². The number of aryl methyl sites for hydroxylation is 1. The number of nitrogens with one attached hydrogen (secondary N) is 1. The molecule has 1 aromatic heterocycles. The van der Waals surface area contributed by atoms with E-state index < -0.39 is 0 Å². The second-order valence-corrected chi connectivity index (χ2v) is 6.02. The molecule has 0 aliphatic carbocycles. The van der Waals surface area contributed by atoms with E-state index in [1.165, 1.54) is 26.8 Å². The largest absolute Gasteiger partial charge is 0.271 e. The van der Waals surface area contributed by atoms with Gasteiger partial charge in [0.2, 0.25) is 0 Å². The minimum absolute atomic E-state index is 0.177. The van der Waals surface area contributed by atoms with E-state index in [9.17, 15) is 0 Å². The molecule has 3 aromatic rings. The van der Waals surface area contributed by atoms with Crippen LogP contribution in [0.15, 0.2) is 53.9 Å². The summed E-state index contributed by atoms with van der Waals surface area (Å²) < 4.78 is 0. The molecule has 102 valence electrons. The standard InChI is InChI=1S/C17H18N2S/c1-12-8-9-20-17(12)16(19-18)11-13-6-7-14-4-2-3-5-15(14)10-13/h2-10,16,19H,11,18H2,1H3. The van der Waals surface area contributed by atoms with Crippen molar-refractivity contribution in [2.45, 2.75) is 19.4 Å². The van der Waals surface area contributed by atoms with Gasteiger partial charge in [0.05, 0.1) is 6.04 Å². The molecular formula is C17H18N2S. The number of hydrogen-bond donors (Lipinski definition) is 2. The van der Waals surface area contributed by atoms with Gasteiger partial charge < -0.3 is 0 Å². The van der Waals surface area contributed by atoms with Gasteiger partial charge in [-0.2, -0.15) is 0 Å². The fraction of sp³-hybridized carbons (Fsp3) is 0.176. The highest BCUT2D eigenvalue weighted by molar-refractivity contribution is 7.10. The molecule has 0 amide bonds. The maximum atomic E-state index is 5.75. The number of thiophene rings is 1. The van der Waals surface area contributed by atoms with Crippen LogP contribution in [0.25, 0.3) is 10.8 Å². The summed E-state index contributed by atoms with van der Waals surface area (Å²) in [6, 6.07) is 17.4. The molecule has 1 heterocycles. The Morgan fingerprint density at radius 2 is 1.90 bits per heavy atom. The number of fused-ring (bicyclic) bond motifs is 1. The Morgan fingerprint density at radius 1 is 1.10 bits per heavy atom. The first kappa shape index (κ1) is 13.3. The predicted molar refractivity (Wildman–Crippen MR) is 86.8 cm³/mol. The van der Waals surface area contributed by atoms with Crippen molar-refractivity contribution >= 4 is 22.1 Å². The fourth-order valence-corrected chi connectivity index (χ4v) is 3.56. The van der Waals surface area contributed by atoms with Crippen LogP contribution in [-0.4, -0.2) is 0 Å². The Labute approximate surface area is 123 Å². The second kappa shape index (κ2) is 5.75. The summed E-state index contributed by atoms with van der Waals surface area (Å²) in [5.41, 5.74) is 5.56. The van der Waals surface area contributed by atoms with Crippen LogP contribution in [-0.2, 0) is 6.42 Å². The first-order valence-electron chi connectivity index (χ1n) is 6.76. The molecular weight excluding hydrogens is 264 g/mol. The minimum Gasteiger partial charge on any atom is -0.271 e. The first-order valence-corrected chi connectivity index (χ1v) is 7.63. The van der Waals surface area contributed by atoms with E-state index >= 15 is 0 Å². The molecule has 3 N–H and O–H groups in total. The number of benzene rings is 2. The lowest BCUT2D eigenvalue weighted by molar-refractivity contribution is 0.558. The van der Waals surface area contributed by atoms with Crippen molar-refractivity contribution in [2.75, 3.05) is 0 Å². The molecule has 1 unspecified atom stereocenters. The molecule has 0 aliphatic heterocycles. The number of hydrogen-bond acceptors (Lipinski definition) is 3. The van der Waals surface area contributed by atoms with Gasteiger partial charge in [-0.15, -0.1) is 11.3 Å². The van der Waals surface area contributed by atoms with Crippen molar-refractivity contribution in [1.82, 2.24) is 5.43 Å². The van der Waals surface area contributed by atoms with Crippen molar-refractivity contribution in [3.8, 4) is 0 Å². The number of rotatable bonds is 4. The number of nitrogens with two attached hydrogens (primary N) is 1. The van der Waals surface area contributed by atoms with E-state index in [0.717, 1.165) is 6.42 Å². The van der Waals surface area contributed by atoms with Crippen molar-refractivity contribution < 1.29 is 0 Å². The van der Waals surface area contributed by atoms with Crippen LogP contribution in [0.1, 0.15) is 22.0 Å². The summed E-state index contributed by atoms with van der Waals surface area (Å²) >= 11 is 1.76. The summed E-state index contributed by atoms with van der Waals surface area (Å²) in [5.74, 6) is 5.75. The molecule has 3 rings (SSSR count). The quantitative estimate of drug-likeness (QED) is 0.561. The van der Waals surface area contributed by atoms with Crippen LogP contribution in [0.5, 0.6) is 0 Å². The van der Waals surface area contributed by atoms with Crippen LogP contribution in [0.4, 0.5) is 0 Å². The molecule has 2 nitrogen and oxygen atoms in total. The van der Waals surface area contributed by atoms with E-state index in [4.69, 9.17) is 5.84 Å². The maximum Gasteiger partial charge on any atom is 0.0596 e. The van der Waals surface area contributed by atoms with Crippen LogP contribution >= 0.6 is 11.3 Å². The zero-order chi connectivity index (χ0) is 13.9. The highest BCUT2D eigenvalue weighted by Gasteiger charge is 2.14. The summed E-state index contributed by atoms with van der Waals surface area (Å²) in [6.07, 6.45) is 0.905. The van der Waals surface area contributed by atoms with E-state index in [1.807, 2.05) is 0 Å². The summed E-state index contributed by atoms with van der Waals surface area (Å²) in [7, 11) is 0. The molecule has 0 fully saturated rings. The van der Waals surface area contributed by atoms with Crippen molar-refractivity contribution in [3.05, 3.63) is 69.9 Å². The first-order chi connectivity index (χ1) is 9.78. The van der Waals surface area contributed by atoms with E-state index in [1.54, 1.807) is 11.3 Å². The van der Waals surface area contributed by atoms with Gasteiger partial charge >= 0.3 is 0 Å². The average molecular weight is 282 g/mol. The van der Waals surface area contributed by atoms with E-state index in [-0.39, 0.29) is 6.04 Å². The fourth-order valence-electron chi connectivity index (χ4n) is 2.57. The van der Waals surface area contributed by atoms with Crippen LogP contribution in [0.3, 0.4) is 0 Å². The van der Waals surface area contributed by atoms with Crippen molar-refractivity contribution in [1.29, 1.82) is 0 Å². The lowest BCUT2D eigenvalue weighted by atomic mass is 10.00. The van der Waals surface area contributed by atoms with Gasteiger partial charge in [0.1, 0.15) is 0 Å². The molecule has 1 atom stereocenters. The van der Waals surface area contributed by atoms with Gasteiger partial charge in [-0.25, -0.2) is 0 Å². The summed E-state index contributed by atoms with van der Waals surface area (Å²) in [5, 5.41) is 4.68. The monoisotopic (exact) mass is 282 g/mol. The van der Waals surface area contributed by atoms with E-state index in [2.05, 4.69) is 66.3 Å². The third-order valence-corrected chi connectivity index (χ3v) is 4.81. The lowest BCUT2D eigenvalue weighted by Crippen LogP contribution is -2.29. The van der Waals surface area contributed by atoms with Gasteiger partial charge in [-0.3, -0.25) is 11.3 Å². The smallest absolute Gasteiger partial charge is 0.0596 e. The molecule has 0 bridgehead atoms. The Hall–Kier alpha value is -1.68. The zero-order valence-electron chi connectivity index (χ0n) is 11.5. The number of hydrazine groups is 1. The van der Waals surface area contributed by atoms with Gasteiger partial charge in [0.15, 0.2) is 0 Å². The maximum absolute atomic E-state index is 5.75. The minimum atomic E-state index is 0.177. The predicted octanol–water partition coefficient (Wildman–Crippen LogP) is 3.96. The molecule has 0 radical (unpaired) electrons. The summed E-state index contributed by atoms with van der Waals surface area (Å²) in [6.45, 7) is 2.14. The Morgan fingerprint density at radius 3 is 2.60 bits per heavy atom. The third kappa shape index (κ3) is 2.61. The van der Waals surface area contributed by atoms with Gasteiger partial charge in [0, 0.05) is 4.88 Å². The lowest BCUT2D eigenvalue weighted by Gasteiger charge is -2.16. The highest BCUT2D eigenvalue weighted by Crippen LogP contribution is 2.27. The Kier molecular flexibility index (Phi) is 3.83. The molecule has 20 heavy (non-hydrogen) atoms. The molecule has 0 spiro atoms. The molecule has 0 aliphatic rings. The van der Waals surface area contributed by atoms with Gasteiger partial charge in [0.25, 0.3) is 0 Å². The topological polar surface area (TPSA) is 38.0 Å². The Bertz CT molecular complexity index is 718. The molecule has 2 aromatic carbocycles. The average Bonchev–Trinajstić information content (AvgIpc) is 2.91. The normalized spacial score (nSPS) is 12.7. The van der Waals surface area contributed by atoms with Crippen molar-refractivity contribution in [3.63, 3.8) is 0 Å². The molecule has 0 saturated carbocycles. The molecule has 0 saturated heterocycles. The Balaban J connectivity index is 1.89. The molecule has 3 heteroatoms. The van der Waals surface area contributed by atoms with Gasteiger partial charge in [-0.05, 0) is 46.7 Å². The third-order valence-electron chi connectivity index (χ3n) is 3.67. The highest BCUT2D eigenvalue weighted by atomic mass is 32.1. The van der Waals surface area contributed by atoms with E-state index in [0.29, 0.717) is 0 Å². The van der Waals surface area contributed by atoms with Crippen LogP contribution in [0.2, 0.25) is 0 Å².